The van der Waals surface area contributed by atoms with Crippen LogP contribution in [0.4, 0.5) is 5.69 Å². The number of hydrogen-bond acceptors (Lipinski definition) is 3. The van der Waals surface area contributed by atoms with Crippen LogP contribution < -0.4 is 10.6 Å². The van der Waals surface area contributed by atoms with Crippen molar-refractivity contribution in [1.29, 1.82) is 0 Å². The Morgan fingerprint density at radius 3 is 3.00 bits per heavy atom. The van der Waals surface area contributed by atoms with Crippen molar-refractivity contribution >= 4 is 23.2 Å². The topological polar surface area (TPSA) is 49.6 Å². The van der Waals surface area contributed by atoms with Crippen molar-refractivity contribution in [2.24, 2.45) is 5.73 Å². The van der Waals surface area contributed by atoms with Gasteiger partial charge in [0.15, 0.2) is 0 Å². The lowest BCUT2D eigenvalue weighted by molar-refractivity contribution is -0.129. The molecule has 1 atom stereocenters. The summed E-state index contributed by atoms with van der Waals surface area (Å²) in [6, 6.07) is 6.20. The zero-order valence-corrected chi connectivity index (χ0v) is 11.6. The van der Waals surface area contributed by atoms with E-state index in [1.807, 2.05) is 23.1 Å². The number of carbonyl (C=O) groups is 1. The smallest absolute Gasteiger partial charge is 0.223 e. The average Bonchev–Trinajstić information content (AvgIpc) is 2.79. The maximum absolute atomic E-state index is 11.7. The first-order valence-electron chi connectivity index (χ1n) is 6.72. The highest BCUT2D eigenvalue weighted by atomic mass is 35.5. The van der Waals surface area contributed by atoms with E-state index in [4.69, 9.17) is 17.3 Å². The van der Waals surface area contributed by atoms with E-state index in [-0.39, 0.29) is 0 Å². The van der Waals surface area contributed by atoms with Gasteiger partial charge in [0.25, 0.3) is 0 Å². The molecule has 1 aromatic carbocycles. The number of para-hydroxylation sites is 1. The summed E-state index contributed by atoms with van der Waals surface area (Å²) in [5.41, 5.74) is 7.93. The van der Waals surface area contributed by atoms with Gasteiger partial charge in [0.2, 0.25) is 5.91 Å². The second-order valence-corrected chi connectivity index (χ2v) is 5.58. The molecule has 0 bridgehead atoms. The second-order valence-electron chi connectivity index (χ2n) is 5.18. The summed E-state index contributed by atoms with van der Waals surface area (Å²) in [5.74, 6) is 0.294. The molecule has 2 saturated heterocycles. The maximum atomic E-state index is 11.7. The number of amides is 1. The van der Waals surface area contributed by atoms with E-state index < -0.39 is 0 Å². The number of halogens is 1. The normalized spacial score (nSPS) is 22.8. The minimum atomic E-state index is 0.294. The molecule has 0 spiro atoms. The summed E-state index contributed by atoms with van der Waals surface area (Å²) in [4.78, 5) is 16.0. The van der Waals surface area contributed by atoms with Crippen LogP contribution in [0.2, 0.25) is 5.02 Å². The first-order valence-corrected chi connectivity index (χ1v) is 7.10. The summed E-state index contributed by atoms with van der Waals surface area (Å²) in [5, 5.41) is 0.751. The molecule has 0 radical (unpaired) electrons. The third-order valence-electron chi connectivity index (χ3n) is 4.10. The van der Waals surface area contributed by atoms with E-state index in [1.54, 1.807) is 0 Å². The number of piperazine rings is 1. The Kier molecular flexibility index (Phi) is 3.37. The van der Waals surface area contributed by atoms with Crippen LogP contribution in [0.5, 0.6) is 0 Å². The van der Waals surface area contributed by atoms with Gasteiger partial charge in [-0.3, -0.25) is 4.79 Å². The monoisotopic (exact) mass is 279 g/mol. The third-order valence-corrected chi connectivity index (χ3v) is 4.41. The highest BCUT2D eigenvalue weighted by Crippen LogP contribution is 2.33. The Bertz CT molecular complexity index is 505. The molecule has 2 N–H and O–H groups in total. The van der Waals surface area contributed by atoms with Gasteiger partial charge in [-0.1, -0.05) is 23.7 Å². The zero-order chi connectivity index (χ0) is 13.4. The zero-order valence-electron chi connectivity index (χ0n) is 10.8. The van der Waals surface area contributed by atoms with Crippen molar-refractivity contribution in [2.45, 2.75) is 25.4 Å². The SMILES string of the molecule is NCc1cccc(Cl)c1N1CCN2C(=O)CCC2C1. The van der Waals surface area contributed by atoms with Crippen molar-refractivity contribution in [1.82, 2.24) is 4.90 Å². The fourth-order valence-corrected chi connectivity index (χ4v) is 3.46. The maximum Gasteiger partial charge on any atom is 0.223 e. The molecule has 0 aromatic heterocycles. The van der Waals surface area contributed by atoms with Gasteiger partial charge < -0.3 is 15.5 Å². The van der Waals surface area contributed by atoms with Crippen LogP contribution in [0.3, 0.4) is 0 Å². The number of nitrogens with zero attached hydrogens (tertiary/aromatic N) is 2. The van der Waals surface area contributed by atoms with Crippen molar-refractivity contribution in [3.05, 3.63) is 28.8 Å². The molecule has 0 saturated carbocycles. The molecule has 1 unspecified atom stereocenters. The van der Waals surface area contributed by atoms with Crippen LogP contribution in [-0.2, 0) is 11.3 Å². The fourth-order valence-electron chi connectivity index (χ4n) is 3.15. The summed E-state index contributed by atoms with van der Waals surface area (Å²) in [6.45, 7) is 2.97. The van der Waals surface area contributed by atoms with Gasteiger partial charge in [-0.25, -0.2) is 0 Å². The van der Waals surface area contributed by atoms with Crippen LogP contribution in [0.1, 0.15) is 18.4 Å². The molecular weight excluding hydrogens is 262 g/mol. The summed E-state index contributed by atoms with van der Waals surface area (Å²) in [6.07, 6.45) is 1.64. The highest BCUT2D eigenvalue weighted by molar-refractivity contribution is 6.33. The summed E-state index contributed by atoms with van der Waals surface area (Å²) >= 11 is 6.34. The Labute approximate surface area is 118 Å². The molecule has 1 amide bonds. The quantitative estimate of drug-likeness (QED) is 0.895. The summed E-state index contributed by atoms with van der Waals surface area (Å²) < 4.78 is 0. The predicted molar refractivity (Wildman–Crippen MR) is 76.3 cm³/mol. The molecule has 102 valence electrons. The standard InChI is InChI=1S/C14H18ClN3O/c15-12-3-1-2-10(8-16)14(12)17-6-7-18-11(9-17)4-5-13(18)19/h1-3,11H,4-9,16H2. The number of fused-ring (bicyclic) bond motifs is 1. The molecule has 3 rings (SSSR count). The van der Waals surface area contributed by atoms with Crippen LogP contribution in [0.15, 0.2) is 18.2 Å². The largest absolute Gasteiger partial charge is 0.366 e. The lowest BCUT2D eigenvalue weighted by atomic mass is 10.1. The van der Waals surface area contributed by atoms with Crippen molar-refractivity contribution in [2.75, 3.05) is 24.5 Å². The molecule has 2 aliphatic heterocycles. The van der Waals surface area contributed by atoms with Gasteiger partial charge in [0, 0.05) is 38.6 Å². The lowest BCUT2D eigenvalue weighted by Crippen LogP contribution is -2.51. The molecule has 2 aliphatic rings. The Morgan fingerprint density at radius 1 is 1.37 bits per heavy atom. The molecule has 4 nitrogen and oxygen atoms in total. The average molecular weight is 280 g/mol. The predicted octanol–water partition coefficient (Wildman–Crippen LogP) is 1.61. The van der Waals surface area contributed by atoms with E-state index in [1.165, 1.54) is 0 Å². The number of carbonyl (C=O) groups excluding carboxylic acids is 1. The minimum Gasteiger partial charge on any atom is -0.366 e. The Balaban J connectivity index is 1.86. The fraction of sp³-hybridized carbons (Fsp3) is 0.500. The Hall–Kier alpha value is -1.26. The first kappa shape index (κ1) is 12.8. The number of rotatable bonds is 2. The van der Waals surface area contributed by atoms with Gasteiger partial charge in [0.05, 0.1) is 10.7 Å². The van der Waals surface area contributed by atoms with E-state index >= 15 is 0 Å². The Morgan fingerprint density at radius 2 is 2.21 bits per heavy atom. The van der Waals surface area contributed by atoms with E-state index in [0.717, 1.165) is 42.3 Å². The summed E-state index contributed by atoms with van der Waals surface area (Å²) in [7, 11) is 0. The first-order chi connectivity index (χ1) is 9.20. The molecule has 0 aliphatic carbocycles. The van der Waals surface area contributed by atoms with E-state index in [0.29, 0.717) is 24.9 Å². The van der Waals surface area contributed by atoms with E-state index in [2.05, 4.69) is 4.90 Å². The van der Waals surface area contributed by atoms with Crippen molar-refractivity contribution < 1.29 is 4.79 Å². The number of benzene rings is 1. The molecule has 1 aromatic rings. The van der Waals surface area contributed by atoms with Crippen LogP contribution in [-0.4, -0.2) is 36.5 Å². The van der Waals surface area contributed by atoms with Gasteiger partial charge in [-0.05, 0) is 18.1 Å². The van der Waals surface area contributed by atoms with Gasteiger partial charge in [-0.2, -0.15) is 0 Å². The molecular formula is C14H18ClN3O. The molecule has 19 heavy (non-hydrogen) atoms. The molecule has 2 fully saturated rings. The van der Waals surface area contributed by atoms with Gasteiger partial charge in [-0.15, -0.1) is 0 Å². The second kappa shape index (κ2) is 5.02. The van der Waals surface area contributed by atoms with E-state index in [9.17, 15) is 4.79 Å². The van der Waals surface area contributed by atoms with Crippen LogP contribution in [0.25, 0.3) is 0 Å². The minimum absolute atomic E-state index is 0.294. The van der Waals surface area contributed by atoms with Gasteiger partial charge >= 0.3 is 0 Å². The number of hydrogen-bond donors (Lipinski definition) is 1. The van der Waals surface area contributed by atoms with Crippen LogP contribution >= 0.6 is 11.6 Å². The number of anilines is 1. The third kappa shape index (κ3) is 2.19. The number of nitrogens with two attached hydrogens (primary N) is 1. The highest BCUT2D eigenvalue weighted by Gasteiger charge is 2.36. The molecule has 2 heterocycles. The van der Waals surface area contributed by atoms with Crippen molar-refractivity contribution in [3.63, 3.8) is 0 Å². The lowest BCUT2D eigenvalue weighted by Gasteiger charge is -2.40. The van der Waals surface area contributed by atoms with Gasteiger partial charge in [0.1, 0.15) is 0 Å². The molecule has 5 heteroatoms. The van der Waals surface area contributed by atoms with Crippen LogP contribution in [0, 0.1) is 0 Å². The van der Waals surface area contributed by atoms with Crippen molar-refractivity contribution in [3.8, 4) is 0 Å².